The molecule has 0 aromatic heterocycles. The minimum absolute atomic E-state index is 0.0888. The molecule has 3 fully saturated rings. The van der Waals surface area contributed by atoms with Crippen LogP contribution in [-0.2, 0) is 10.8 Å². The van der Waals surface area contributed by atoms with Crippen LogP contribution >= 0.6 is 0 Å². The van der Waals surface area contributed by atoms with E-state index in [2.05, 4.69) is 31.9 Å². The van der Waals surface area contributed by atoms with Crippen LogP contribution in [0.5, 0.6) is 0 Å². The van der Waals surface area contributed by atoms with Crippen molar-refractivity contribution in [1.82, 2.24) is 0 Å². The lowest BCUT2D eigenvalue weighted by atomic mass is 9.43. The number of rotatable bonds is 4. The van der Waals surface area contributed by atoms with E-state index in [-0.39, 0.29) is 21.7 Å². The summed E-state index contributed by atoms with van der Waals surface area (Å²) >= 11 is 0. The Hall–Kier alpha value is -7.80. The summed E-state index contributed by atoms with van der Waals surface area (Å²) in [4.78, 5) is 0. The fourth-order valence-corrected chi connectivity index (χ4v) is 28.8. The van der Waals surface area contributed by atoms with Crippen molar-refractivity contribution in [2.24, 2.45) is 28.6 Å². The zero-order valence-electron chi connectivity index (χ0n) is 41.0. The van der Waals surface area contributed by atoms with Crippen molar-refractivity contribution in [3.05, 3.63) is 44.5 Å². The lowest BCUT2D eigenvalue weighted by Gasteiger charge is -2.57. The van der Waals surface area contributed by atoms with Crippen LogP contribution in [0.4, 0.5) is 0 Å². The summed E-state index contributed by atoms with van der Waals surface area (Å²) in [5.74, 6) is 2.34. The van der Waals surface area contributed by atoms with Gasteiger partial charge in [-0.3, -0.25) is 0 Å². The molecule has 76 heavy (non-hydrogen) atoms. The Labute approximate surface area is 420 Å². The van der Waals surface area contributed by atoms with E-state index in [1.54, 1.807) is 269 Å². The molecule has 36 rings (SSSR count). The van der Waals surface area contributed by atoms with Gasteiger partial charge in [-0.25, -0.2) is 0 Å². The zero-order valence-corrected chi connectivity index (χ0v) is 41.0. The third-order valence-corrected chi connectivity index (χ3v) is 29.2. The van der Waals surface area contributed by atoms with Crippen LogP contribution in [0.25, 0.3) is 280 Å². The third kappa shape index (κ3) is 1.60. The maximum Gasteiger partial charge on any atom is 0.0616 e. The molecule has 9 aliphatic carbocycles. The summed E-state index contributed by atoms with van der Waals surface area (Å²) in [6.45, 7) is 8.35. The van der Waals surface area contributed by atoms with Crippen molar-refractivity contribution in [2.75, 3.05) is 0 Å². The predicted octanol–water partition coefficient (Wildman–Crippen LogP) is 20.5. The van der Waals surface area contributed by atoms with Crippen LogP contribution in [-0.4, -0.2) is 0 Å². The van der Waals surface area contributed by atoms with Crippen LogP contribution in [0.1, 0.15) is 92.7 Å². The van der Waals surface area contributed by atoms with Gasteiger partial charge in [-0.05, 0) is 375 Å². The van der Waals surface area contributed by atoms with Crippen molar-refractivity contribution < 1.29 is 0 Å². The molecule has 0 aliphatic heterocycles. The van der Waals surface area contributed by atoms with Crippen LogP contribution in [0.3, 0.4) is 0 Å². The minimum atomic E-state index is -0.266. The molecule has 27 aromatic rings. The normalized spacial score (nSPS) is 25.8. The van der Waals surface area contributed by atoms with Gasteiger partial charge in [-0.1, -0.05) is 31.9 Å². The van der Waals surface area contributed by atoms with Crippen molar-refractivity contribution >= 4 is 280 Å². The molecule has 0 N–H and O–H groups in total. The number of benzene rings is 17. The second kappa shape index (κ2) is 6.60. The van der Waals surface area contributed by atoms with Gasteiger partial charge >= 0.3 is 0 Å². The second-order valence-electron chi connectivity index (χ2n) is 31.0. The summed E-state index contributed by atoms with van der Waals surface area (Å²) < 4.78 is 0. The van der Waals surface area contributed by atoms with Gasteiger partial charge in [0.15, 0.2) is 0 Å². The first-order valence-corrected chi connectivity index (χ1v) is 30.1. The molecule has 0 amide bonds. The van der Waals surface area contributed by atoms with E-state index >= 15 is 0 Å². The summed E-state index contributed by atoms with van der Waals surface area (Å²) in [6.07, 6.45) is 8.54. The quantitative estimate of drug-likeness (QED) is 0.122. The Morgan fingerprint density at radius 1 is 0.224 bits per heavy atom. The molecule has 3 saturated carbocycles. The van der Waals surface area contributed by atoms with Crippen LogP contribution in [0, 0.1) is 28.6 Å². The van der Waals surface area contributed by atoms with E-state index in [0.29, 0.717) is 0 Å². The molecule has 0 nitrogen and oxygen atoms in total. The lowest BCUT2D eigenvalue weighted by molar-refractivity contribution is 0.247. The smallest absolute Gasteiger partial charge is 0.0587 e. The fraction of sp³-hybridized carbons (Fsp3) is 0.211. The van der Waals surface area contributed by atoms with Gasteiger partial charge in [-0.2, -0.15) is 0 Å². The Morgan fingerprint density at radius 3 is 0.697 bits per heavy atom. The summed E-state index contributed by atoms with van der Waals surface area (Å²) in [6, 6.07) is 0. The van der Waals surface area contributed by atoms with Gasteiger partial charge < -0.3 is 0 Å². The van der Waals surface area contributed by atoms with E-state index in [4.69, 9.17) is 0 Å². The third-order valence-electron chi connectivity index (χ3n) is 29.2. The van der Waals surface area contributed by atoms with Crippen molar-refractivity contribution in [3.8, 4) is 0 Å². The molecular formula is C76H24. The van der Waals surface area contributed by atoms with E-state index in [0.717, 1.165) is 17.8 Å². The molecule has 0 spiro atoms. The highest BCUT2D eigenvalue weighted by molar-refractivity contribution is 6.81. The molecule has 328 valence electrons. The lowest BCUT2D eigenvalue weighted by Crippen LogP contribution is -2.53. The van der Waals surface area contributed by atoms with Gasteiger partial charge in [0.2, 0.25) is 0 Å². The first kappa shape index (κ1) is 29.5. The van der Waals surface area contributed by atoms with Crippen LogP contribution in [0.2, 0.25) is 0 Å². The Kier molecular flexibility index (Phi) is 2.56. The first-order chi connectivity index (χ1) is 37.5. The van der Waals surface area contributed by atoms with Crippen molar-refractivity contribution in [1.29, 1.82) is 0 Å². The molecule has 0 saturated heterocycles. The monoisotopic (exact) mass is 936 g/mol. The minimum Gasteiger partial charge on any atom is -0.0587 e. The van der Waals surface area contributed by atoms with Gasteiger partial charge in [0.25, 0.3) is 0 Å². The van der Waals surface area contributed by atoms with Crippen molar-refractivity contribution in [3.63, 3.8) is 0 Å². The molecule has 2 unspecified atom stereocenters. The van der Waals surface area contributed by atoms with E-state index < -0.39 is 0 Å². The Morgan fingerprint density at radius 2 is 0.421 bits per heavy atom. The first-order valence-electron chi connectivity index (χ1n) is 30.1. The molecule has 0 heterocycles. The highest BCUT2D eigenvalue weighted by Crippen LogP contribution is 2.92. The molecular weight excluding hydrogens is 913 g/mol. The largest absolute Gasteiger partial charge is 0.0616 e. The number of hydrogen-bond acceptors (Lipinski definition) is 0. The maximum atomic E-state index is 2.78. The second-order valence-corrected chi connectivity index (χ2v) is 31.0. The molecule has 2 atom stereocenters. The van der Waals surface area contributed by atoms with Crippen LogP contribution < -0.4 is 0 Å². The average Bonchev–Trinajstić information content (AvgIpc) is 1.72. The number of allylic oxidation sites excluding steroid dienone is 2. The molecule has 0 radical (unpaired) electrons. The fourth-order valence-electron chi connectivity index (χ4n) is 28.8. The van der Waals surface area contributed by atoms with Gasteiger partial charge in [0, 0.05) is 5.41 Å². The highest BCUT2D eigenvalue weighted by Gasteiger charge is 2.82. The Bertz CT molecular complexity index is 7680. The van der Waals surface area contributed by atoms with E-state index in [9.17, 15) is 0 Å². The predicted molar refractivity (Wildman–Crippen MR) is 319 cm³/mol. The molecule has 9 aliphatic rings. The van der Waals surface area contributed by atoms with Crippen LogP contribution in [0.15, 0.2) is 11.1 Å². The van der Waals surface area contributed by atoms with Gasteiger partial charge in [0.05, 0.1) is 10.8 Å². The topological polar surface area (TPSA) is 0 Å². The molecule has 0 heteroatoms. The van der Waals surface area contributed by atoms with Gasteiger partial charge in [0.1, 0.15) is 0 Å². The Balaban J connectivity index is 1.11. The van der Waals surface area contributed by atoms with E-state index in [1.165, 1.54) is 38.5 Å². The number of hydrogen-bond donors (Lipinski definition) is 0. The maximum absolute atomic E-state index is 2.78. The molecule has 0 bridgehead atoms. The highest BCUT2D eigenvalue weighted by atomic mass is 14.8. The zero-order chi connectivity index (χ0) is 45.6. The summed E-state index contributed by atoms with van der Waals surface area (Å²) in [7, 11) is 0. The van der Waals surface area contributed by atoms with Crippen molar-refractivity contribution in [2.45, 2.75) is 70.1 Å². The van der Waals surface area contributed by atoms with Gasteiger partial charge in [-0.15, -0.1) is 0 Å². The SMILES string of the molecule is CC(C)(C)C12c3c4c5c6c7c8c9c%10c(c1c1c%11c2c2c%12c3c5c3c5c%12c%12c2c2c%11c%11c%13c1c%10c1c%10c9c9c7c7c6c3c3c5c5c%12c6c2c%11c2c(c%131)c1c%10c9c9c7c3c3c9c1c2c6c53)C48C1(C2CC2)C(C2CC2)=C1C1CC1. The standard InChI is InChI=1S/C76H24/c1-73(2,3)75-67-57-48-41-28-21-15-16-18-14-13-17(15)26(28)32-30-19(13)23-20(14)31-33-27(18)29-22(16)25-24(21)35-43-36(25)45-42(29)49-47(33)51-38(31)40-34(23)39-37(30)50(46(32)48)61(67)63-52(39)53(40)64-62(51)68-58(49)55(45)60-56(43)59(54(57)44(35)41)69(75)71(60)76(68,72(64)70(63)75)74(12-8-9-12)65(10-4-5-10)66(74)11-6-7-11/h10-12H,4-9H2,1-3H3. The summed E-state index contributed by atoms with van der Waals surface area (Å²) in [5.41, 5.74) is 15.0. The average molecular weight is 937 g/mol. The van der Waals surface area contributed by atoms with E-state index in [1.807, 2.05) is 44.2 Å². The summed E-state index contributed by atoms with van der Waals surface area (Å²) in [5, 5.41) is 89.8. The molecule has 27 aromatic carbocycles.